The van der Waals surface area contributed by atoms with E-state index in [1.54, 1.807) is 11.3 Å². The van der Waals surface area contributed by atoms with Crippen molar-refractivity contribution >= 4 is 22.2 Å². The van der Waals surface area contributed by atoms with Gasteiger partial charge in [-0.15, -0.1) is 11.3 Å². The highest BCUT2D eigenvalue weighted by Crippen LogP contribution is 2.37. The molecule has 1 aliphatic rings. The van der Waals surface area contributed by atoms with E-state index >= 15 is 0 Å². The smallest absolute Gasteiger partial charge is 0.258 e. The molecule has 4 heteroatoms. The number of aromatic nitrogens is 1. The molecular weight excluding hydrogens is 268 g/mol. The Balaban J connectivity index is 1.86. The summed E-state index contributed by atoms with van der Waals surface area (Å²) in [5.41, 5.74) is 4.51. The SMILES string of the molecule is Cc1c(NC(=O)c2ccn(C)c2C)sc2c1CCCC2. The fraction of sp³-hybridized carbons (Fsp3) is 0.438. The maximum Gasteiger partial charge on any atom is 0.258 e. The lowest BCUT2D eigenvalue weighted by Gasteiger charge is -2.10. The molecule has 0 spiro atoms. The van der Waals surface area contributed by atoms with Gasteiger partial charge in [-0.2, -0.15) is 0 Å². The second-order valence-electron chi connectivity index (χ2n) is 5.54. The van der Waals surface area contributed by atoms with Crippen LogP contribution in [0.3, 0.4) is 0 Å². The van der Waals surface area contributed by atoms with Gasteiger partial charge in [0.1, 0.15) is 0 Å². The van der Waals surface area contributed by atoms with Crippen molar-refractivity contribution in [3.05, 3.63) is 39.5 Å². The van der Waals surface area contributed by atoms with Crippen molar-refractivity contribution in [2.45, 2.75) is 39.5 Å². The summed E-state index contributed by atoms with van der Waals surface area (Å²) in [6, 6.07) is 1.88. The fourth-order valence-corrected chi connectivity index (χ4v) is 4.15. The van der Waals surface area contributed by atoms with Crippen LogP contribution in [0.15, 0.2) is 12.3 Å². The number of fused-ring (bicyclic) bond motifs is 1. The summed E-state index contributed by atoms with van der Waals surface area (Å²) in [4.78, 5) is 13.9. The summed E-state index contributed by atoms with van der Waals surface area (Å²) in [5, 5.41) is 4.14. The molecule has 0 saturated carbocycles. The Morgan fingerprint density at radius 2 is 2.05 bits per heavy atom. The van der Waals surface area contributed by atoms with Gasteiger partial charge in [0.2, 0.25) is 0 Å². The van der Waals surface area contributed by atoms with E-state index in [1.807, 2.05) is 30.8 Å². The highest BCUT2D eigenvalue weighted by Gasteiger charge is 2.20. The highest BCUT2D eigenvalue weighted by molar-refractivity contribution is 7.16. The molecule has 0 saturated heterocycles. The number of anilines is 1. The molecule has 0 bridgehead atoms. The number of amides is 1. The lowest BCUT2D eigenvalue weighted by molar-refractivity contribution is 0.102. The van der Waals surface area contributed by atoms with E-state index in [2.05, 4.69) is 12.2 Å². The first-order chi connectivity index (χ1) is 9.58. The van der Waals surface area contributed by atoms with Crippen LogP contribution in [0, 0.1) is 13.8 Å². The number of carbonyl (C=O) groups is 1. The van der Waals surface area contributed by atoms with Crippen LogP contribution in [0.25, 0.3) is 0 Å². The monoisotopic (exact) mass is 288 g/mol. The summed E-state index contributed by atoms with van der Waals surface area (Å²) in [7, 11) is 1.96. The molecule has 0 radical (unpaired) electrons. The van der Waals surface area contributed by atoms with Crippen molar-refractivity contribution in [3.63, 3.8) is 0 Å². The Kier molecular flexibility index (Phi) is 3.42. The van der Waals surface area contributed by atoms with E-state index in [0.717, 1.165) is 22.7 Å². The van der Waals surface area contributed by atoms with Gasteiger partial charge < -0.3 is 9.88 Å². The van der Waals surface area contributed by atoms with E-state index in [4.69, 9.17) is 0 Å². The second-order valence-corrected chi connectivity index (χ2v) is 6.65. The topological polar surface area (TPSA) is 34.0 Å². The van der Waals surface area contributed by atoms with Crippen LogP contribution in [0.5, 0.6) is 0 Å². The number of nitrogens with zero attached hydrogens (tertiary/aromatic N) is 1. The normalized spacial score (nSPS) is 14.2. The van der Waals surface area contributed by atoms with Gasteiger partial charge in [0.25, 0.3) is 5.91 Å². The summed E-state index contributed by atoms with van der Waals surface area (Å²) < 4.78 is 1.97. The predicted molar refractivity (Wildman–Crippen MR) is 83.8 cm³/mol. The van der Waals surface area contributed by atoms with Gasteiger partial charge in [0.05, 0.1) is 10.6 Å². The summed E-state index contributed by atoms with van der Waals surface area (Å²) in [6.45, 7) is 4.11. The van der Waals surface area contributed by atoms with Crippen molar-refractivity contribution in [2.75, 3.05) is 5.32 Å². The van der Waals surface area contributed by atoms with E-state index in [9.17, 15) is 4.79 Å². The number of nitrogens with one attached hydrogen (secondary N) is 1. The summed E-state index contributed by atoms with van der Waals surface area (Å²) in [6.07, 6.45) is 6.81. The quantitative estimate of drug-likeness (QED) is 0.895. The number of hydrogen-bond acceptors (Lipinski definition) is 2. The third-order valence-electron chi connectivity index (χ3n) is 4.29. The van der Waals surface area contributed by atoms with E-state index < -0.39 is 0 Å². The number of aryl methyl sites for hydroxylation is 2. The minimum absolute atomic E-state index is 0.00444. The third kappa shape index (κ3) is 2.18. The number of rotatable bonds is 2. The van der Waals surface area contributed by atoms with E-state index in [0.29, 0.717) is 0 Å². The zero-order valence-electron chi connectivity index (χ0n) is 12.2. The zero-order valence-corrected chi connectivity index (χ0v) is 13.1. The van der Waals surface area contributed by atoms with E-state index in [1.165, 1.54) is 35.3 Å². The van der Waals surface area contributed by atoms with Crippen LogP contribution in [0.2, 0.25) is 0 Å². The molecule has 3 nitrogen and oxygen atoms in total. The minimum atomic E-state index is 0.00444. The van der Waals surface area contributed by atoms with E-state index in [-0.39, 0.29) is 5.91 Å². The molecule has 2 aromatic rings. The van der Waals surface area contributed by atoms with Gasteiger partial charge in [0.15, 0.2) is 0 Å². The van der Waals surface area contributed by atoms with Crippen LogP contribution >= 0.6 is 11.3 Å². The number of carbonyl (C=O) groups excluding carboxylic acids is 1. The van der Waals surface area contributed by atoms with Gasteiger partial charge >= 0.3 is 0 Å². The molecule has 2 heterocycles. The first-order valence-corrected chi connectivity index (χ1v) is 7.94. The van der Waals surface area contributed by atoms with Gasteiger partial charge in [-0.05, 0) is 56.7 Å². The van der Waals surface area contributed by atoms with Gasteiger partial charge in [-0.3, -0.25) is 4.79 Å². The minimum Gasteiger partial charge on any atom is -0.354 e. The second kappa shape index (κ2) is 5.09. The van der Waals surface area contributed by atoms with Crippen molar-refractivity contribution in [2.24, 2.45) is 7.05 Å². The van der Waals surface area contributed by atoms with Gasteiger partial charge in [-0.25, -0.2) is 0 Å². The predicted octanol–water partition coefficient (Wildman–Crippen LogP) is 3.83. The summed E-state index contributed by atoms with van der Waals surface area (Å²) in [5.74, 6) is 0.00444. The number of thiophene rings is 1. The van der Waals surface area contributed by atoms with Crippen LogP contribution in [-0.4, -0.2) is 10.5 Å². The molecule has 1 N–H and O–H groups in total. The average molecular weight is 288 g/mol. The molecule has 2 aromatic heterocycles. The van der Waals surface area contributed by atoms with Crippen molar-refractivity contribution < 1.29 is 4.79 Å². The molecule has 0 atom stereocenters. The Morgan fingerprint density at radius 1 is 1.30 bits per heavy atom. The first kappa shape index (κ1) is 13.4. The van der Waals surface area contributed by atoms with Gasteiger partial charge in [0, 0.05) is 23.8 Å². The molecule has 0 aliphatic heterocycles. The Hall–Kier alpha value is -1.55. The van der Waals surface area contributed by atoms with Crippen LogP contribution in [0.4, 0.5) is 5.00 Å². The van der Waals surface area contributed by atoms with Crippen molar-refractivity contribution in [3.8, 4) is 0 Å². The first-order valence-electron chi connectivity index (χ1n) is 7.12. The lowest BCUT2D eigenvalue weighted by atomic mass is 9.96. The molecule has 0 unspecified atom stereocenters. The molecule has 0 aromatic carbocycles. The zero-order chi connectivity index (χ0) is 14.3. The Bertz CT molecular complexity index is 666. The van der Waals surface area contributed by atoms with Gasteiger partial charge in [-0.1, -0.05) is 0 Å². The molecule has 106 valence electrons. The molecule has 20 heavy (non-hydrogen) atoms. The fourth-order valence-electron chi connectivity index (χ4n) is 2.86. The van der Waals surface area contributed by atoms with Crippen LogP contribution in [-0.2, 0) is 19.9 Å². The highest BCUT2D eigenvalue weighted by atomic mass is 32.1. The summed E-state index contributed by atoms with van der Waals surface area (Å²) >= 11 is 1.76. The maximum atomic E-state index is 12.4. The molecule has 3 rings (SSSR count). The maximum absolute atomic E-state index is 12.4. The largest absolute Gasteiger partial charge is 0.354 e. The molecule has 1 aliphatic carbocycles. The Morgan fingerprint density at radius 3 is 2.70 bits per heavy atom. The third-order valence-corrected chi connectivity index (χ3v) is 5.60. The Labute approximate surface area is 123 Å². The van der Waals surface area contributed by atoms with Crippen LogP contribution in [0.1, 0.15) is 44.9 Å². The average Bonchev–Trinajstić information content (AvgIpc) is 2.93. The van der Waals surface area contributed by atoms with Crippen molar-refractivity contribution in [1.82, 2.24) is 4.57 Å². The van der Waals surface area contributed by atoms with Crippen molar-refractivity contribution in [1.29, 1.82) is 0 Å². The molecule has 0 fully saturated rings. The van der Waals surface area contributed by atoms with Crippen LogP contribution < -0.4 is 5.32 Å². The molecular formula is C16H20N2OS. The number of hydrogen-bond donors (Lipinski definition) is 1. The standard InChI is InChI=1S/C16H20N2OS/c1-10-12-6-4-5-7-14(12)20-16(10)17-15(19)13-8-9-18(3)11(13)2/h8-9H,4-7H2,1-3H3,(H,17,19). The molecule has 1 amide bonds. The lowest BCUT2D eigenvalue weighted by Crippen LogP contribution is -2.12.